The highest BCUT2D eigenvalue weighted by atomic mass is 16.6. The van der Waals surface area contributed by atoms with E-state index in [0.29, 0.717) is 43.6 Å². The van der Waals surface area contributed by atoms with E-state index in [-0.39, 0.29) is 0 Å². The van der Waals surface area contributed by atoms with E-state index in [0.717, 1.165) is 23.1 Å². The van der Waals surface area contributed by atoms with Gasteiger partial charge in [0.25, 0.3) is 0 Å². The molecule has 0 saturated carbocycles. The number of nitrogens with zero attached hydrogens (tertiary/aromatic N) is 1. The third-order valence-electron chi connectivity index (χ3n) is 4.90. The molecule has 0 radical (unpaired) electrons. The summed E-state index contributed by atoms with van der Waals surface area (Å²) < 4.78 is 29.6. The molecule has 0 spiro atoms. The van der Waals surface area contributed by atoms with Crippen LogP contribution in [0.25, 0.3) is 16.8 Å². The summed E-state index contributed by atoms with van der Waals surface area (Å²) in [5, 5.41) is 0. The zero-order valence-electron chi connectivity index (χ0n) is 20.1. The lowest BCUT2D eigenvalue weighted by molar-refractivity contribution is 0.0540. The molecule has 2 aromatic rings. The first-order valence-corrected chi connectivity index (χ1v) is 11.0. The first kappa shape index (κ1) is 24.6. The smallest absolute Gasteiger partial charge is 0.418 e. The summed E-state index contributed by atoms with van der Waals surface area (Å²) in [6, 6.07) is 7.55. The van der Waals surface area contributed by atoms with Crippen LogP contribution in [0.3, 0.4) is 0 Å². The molecule has 0 amide bonds. The fourth-order valence-corrected chi connectivity index (χ4v) is 3.44. The molecule has 7 heteroatoms. The van der Waals surface area contributed by atoms with Crippen molar-refractivity contribution in [1.82, 2.24) is 4.57 Å². The Morgan fingerprint density at radius 2 is 1.61 bits per heavy atom. The maximum absolute atomic E-state index is 12.9. The van der Waals surface area contributed by atoms with Crippen molar-refractivity contribution in [2.45, 2.75) is 32.8 Å². The van der Waals surface area contributed by atoms with Crippen LogP contribution in [0.2, 0.25) is 0 Å². The van der Waals surface area contributed by atoms with Crippen LogP contribution < -0.4 is 9.47 Å². The van der Waals surface area contributed by atoms with Gasteiger partial charge in [0.2, 0.25) is 0 Å². The van der Waals surface area contributed by atoms with Crippen LogP contribution in [0.5, 0.6) is 11.5 Å². The number of carbonyl (C=O) groups is 1. The van der Waals surface area contributed by atoms with E-state index in [4.69, 9.17) is 23.7 Å². The van der Waals surface area contributed by atoms with Crippen LogP contribution in [-0.4, -0.2) is 56.9 Å². The molecule has 0 aliphatic heterocycles. The van der Waals surface area contributed by atoms with Crippen LogP contribution in [0.4, 0.5) is 4.79 Å². The molecule has 1 aromatic heterocycles. The minimum Gasteiger partial charge on any atom is -0.491 e. The zero-order chi connectivity index (χ0) is 23.8. The van der Waals surface area contributed by atoms with E-state index < -0.39 is 11.7 Å². The van der Waals surface area contributed by atoms with Crippen LogP contribution >= 0.6 is 0 Å². The van der Waals surface area contributed by atoms with Crippen molar-refractivity contribution in [3.63, 3.8) is 0 Å². The van der Waals surface area contributed by atoms with Gasteiger partial charge in [-0.1, -0.05) is 18.2 Å². The monoisotopic (exact) mass is 455 g/mol. The predicted octanol–water partition coefficient (Wildman–Crippen LogP) is 5.33. The van der Waals surface area contributed by atoms with Gasteiger partial charge in [-0.2, -0.15) is 0 Å². The van der Waals surface area contributed by atoms with E-state index in [1.165, 1.54) is 4.57 Å². The standard InChI is InChI=1S/C26H33NO6/c1-26(2,3)33-25(28)27-12-8-11-22(27)21-18-23(31-15-13-29-4)20(19-9-6-7-10-19)17-24(21)32-16-14-30-5/h6-9,11-12,17-18H,10,13-16H2,1-5H3. The molecule has 33 heavy (non-hydrogen) atoms. The molecular formula is C26H33NO6. The summed E-state index contributed by atoms with van der Waals surface area (Å²) in [6.45, 7) is 7.20. The Bertz CT molecular complexity index is 1010. The molecule has 0 saturated heterocycles. The van der Waals surface area contributed by atoms with Gasteiger partial charge in [0.05, 0.1) is 18.9 Å². The summed E-state index contributed by atoms with van der Waals surface area (Å²) in [4.78, 5) is 12.9. The molecule has 0 bridgehead atoms. The quantitative estimate of drug-likeness (QED) is 0.451. The Labute approximate surface area is 195 Å². The topological polar surface area (TPSA) is 68.2 Å². The predicted molar refractivity (Wildman–Crippen MR) is 128 cm³/mol. The van der Waals surface area contributed by atoms with Crippen molar-refractivity contribution < 1.29 is 28.5 Å². The van der Waals surface area contributed by atoms with Gasteiger partial charge in [-0.3, -0.25) is 4.57 Å². The van der Waals surface area contributed by atoms with E-state index >= 15 is 0 Å². The minimum atomic E-state index is -0.614. The van der Waals surface area contributed by atoms with Gasteiger partial charge in [-0.05, 0) is 57.0 Å². The largest absolute Gasteiger partial charge is 0.491 e. The number of aromatic nitrogens is 1. The average Bonchev–Trinajstić information content (AvgIpc) is 3.45. The van der Waals surface area contributed by atoms with Gasteiger partial charge < -0.3 is 23.7 Å². The van der Waals surface area contributed by atoms with Crippen molar-refractivity contribution in [2.75, 3.05) is 40.6 Å². The number of methoxy groups -OCH3 is 2. The fraction of sp³-hybridized carbons (Fsp3) is 0.423. The summed E-state index contributed by atoms with van der Waals surface area (Å²) in [7, 11) is 3.27. The Balaban J connectivity index is 2.08. The van der Waals surface area contributed by atoms with Gasteiger partial charge in [0, 0.05) is 31.5 Å². The number of ether oxygens (including phenoxy) is 5. The molecule has 3 rings (SSSR count). The summed E-state index contributed by atoms with van der Waals surface area (Å²) >= 11 is 0. The lowest BCUT2D eigenvalue weighted by Crippen LogP contribution is -2.27. The Kier molecular flexibility index (Phi) is 8.36. The van der Waals surface area contributed by atoms with E-state index in [1.54, 1.807) is 26.5 Å². The molecule has 1 aliphatic carbocycles. The maximum atomic E-state index is 12.9. The molecular weight excluding hydrogens is 422 g/mol. The molecule has 1 aliphatic rings. The molecule has 1 aromatic carbocycles. The summed E-state index contributed by atoms with van der Waals surface area (Å²) in [6.07, 6.45) is 8.24. The lowest BCUT2D eigenvalue weighted by atomic mass is 9.99. The van der Waals surface area contributed by atoms with Gasteiger partial charge in [-0.15, -0.1) is 0 Å². The Morgan fingerprint density at radius 3 is 2.18 bits per heavy atom. The second-order valence-electron chi connectivity index (χ2n) is 8.60. The van der Waals surface area contributed by atoms with Crippen LogP contribution in [0, 0.1) is 0 Å². The highest BCUT2D eigenvalue weighted by Crippen LogP contribution is 2.41. The molecule has 178 valence electrons. The van der Waals surface area contributed by atoms with Crippen molar-refractivity contribution in [2.24, 2.45) is 0 Å². The van der Waals surface area contributed by atoms with E-state index in [9.17, 15) is 4.79 Å². The second-order valence-corrected chi connectivity index (χ2v) is 8.60. The first-order valence-electron chi connectivity index (χ1n) is 11.0. The Morgan fingerprint density at radius 1 is 0.970 bits per heavy atom. The van der Waals surface area contributed by atoms with Crippen molar-refractivity contribution in [3.05, 3.63) is 54.3 Å². The lowest BCUT2D eigenvalue weighted by Gasteiger charge is -2.22. The van der Waals surface area contributed by atoms with Crippen molar-refractivity contribution >= 4 is 11.7 Å². The van der Waals surface area contributed by atoms with E-state index in [2.05, 4.69) is 12.2 Å². The number of benzene rings is 1. The normalized spacial score (nSPS) is 13.2. The second kappa shape index (κ2) is 11.2. The number of carbonyl (C=O) groups excluding carboxylic acids is 1. The molecule has 7 nitrogen and oxygen atoms in total. The molecule has 1 heterocycles. The summed E-state index contributed by atoms with van der Waals surface area (Å²) in [5.74, 6) is 1.34. The molecule has 0 unspecified atom stereocenters. The van der Waals surface area contributed by atoms with Crippen molar-refractivity contribution in [1.29, 1.82) is 0 Å². The van der Waals surface area contributed by atoms with E-state index in [1.807, 2.05) is 45.0 Å². The third-order valence-corrected chi connectivity index (χ3v) is 4.90. The van der Waals surface area contributed by atoms with Gasteiger partial charge in [0.15, 0.2) is 0 Å². The number of hydrogen-bond acceptors (Lipinski definition) is 6. The van der Waals surface area contributed by atoms with Crippen LogP contribution in [-0.2, 0) is 14.2 Å². The zero-order valence-corrected chi connectivity index (χ0v) is 20.1. The van der Waals surface area contributed by atoms with Crippen molar-refractivity contribution in [3.8, 4) is 22.8 Å². The van der Waals surface area contributed by atoms with Crippen LogP contribution in [0.1, 0.15) is 32.8 Å². The average molecular weight is 456 g/mol. The number of rotatable bonds is 10. The first-order chi connectivity index (χ1) is 15.8. The SMILES string of the molecule is COCCOc1cc(-c2cccn2C(=O)OC(C)(C)C)c(OCCOC)cc1C1=CC=CC1. The third kappa shape index (κ3) is 6.49. The summed E-state index contributed by atoms with van der Waals surface area (Å²) in [5.41, 5.74) is 2.84. The van der Waals surface area contributed by atoms with Gasteiger partial charge in [0.1, 0.15) is 30.3 Å². The molecule has 0 fully saturated rings. The fourth-order valence-electron chi connectivity index (χ4n) is 3.44. The minimum absolute atomic E-state index is 0.372. The maximum Gasteiger partial charge on any atom is 0.418 e. The highest BCUT2D eigenvalue weighted by Gasteiger charge is 2.23. The molecule has 0 atom stereocenters. The number of allylic oxidation sites excluding steroid dienone is 4. The highest BCUT2D eigenvalue weighted by molar-refractivity contribution is 5.84. The number of hydrogen-bond donors (Lipinski definition) is 0. The molecule has 0 N–H and O–H groups in total. The van der Waals surface area contributed by atoms with Crippen LogP contribution in [0.15, 0.2) is 48.7 Å². The Hall–Kier alpha value is -3.03. The van der Waals surface area contributed by atoms with Gasteiger partial charge in [-0.25, -0.2) is 4.79 Å². The van der Waals surface area contributed by atoms with Gasteiger partial charge >= 0.3 is 6.09 Å².